The first-order chi connectivity index (χ1) is 12.7. The zero-order valence-electron chi connectivity index (χ0n) is 15.8. The Morgan fingerprint density at radius 2 is 1.77 bits per heavy atom. The monoisotopic (exact) mass is 355 g/mol. The van der Waals surface area contributed by atoms with Gasteiger partial charge < -0.3 is 19.9 Å². The number of nitrogens with one attached hydrogen (secondary N) is 1. The van der Waals surface area contributed by atoms with E-state index in [0.717, 1.165) is 11.5 Å². The van der Waals surface area contributed by atoms with Crippen LogP contribution in [0.25, 0.3) is 0 Å². The number of benzene rings is 2. The van der Waals surface area contributed by atoms with Crippen LogP contribution in [0.1, 0.15) is 56.1 Å². The van der Waals surface area contributed by atoms with Crippen LogP contribution < -0.4 is 14.8 Å². The Hall–Kier alpha value is -2.36. The molecule has 140 valence electrons. The van der Waals surface area contributed by atoms with Crippen molar-refractivity contribution < 1.29 is 14.6 Å². The summed E-state index contributed by atoms with van der Waals surface area (Å²) in [5, 5.41) is 13.6. The van der Waals surface area contributed by atoms with Crippen LogP contribution >= 0.6 is 0 Å². The topological polar surface area (TPSA) is 50.7 Å². The van der Waals surface area contributed by atoms with Gasteiger partial charge in [-0.3, -0.25) is 0 Å². The zero-order chi connectivity index (χ0) is 18.4. The maximum Gasteiger partial charge on any atom is 0.159 e. The summed E-state index contributed by atoms with van der Waals surface area (Å²) < 4.78 is 11.5. The van der Waals surface area contributed by atoms with Crippen LogP contribution in [-0.2, 0) is 0 Å². The van der Waals surface area contributed by atoms with E-state index in [-0.39, 0.29) is 5.75 Å². The van der Waals surface area contributed by atoms with Crippen molar-refractivity contribution in [3.8, 4) is 17.2 Å². The summed E-state index contributed by atoms with van der Waals surface area (Å²) >= 11 is 0. The van der Waals surface area contributed by atoms with E-state index >= 15 is 0 Å². The maximum atomic E-state index is 10.4. The van der Waals surface area contributed by atoms with Gasteiger partial charge >= 0.3 is 0 Å². The quantitative estimate of drug-likeness (QED) is 0.502. The van der Waals surface area contributed by atoms with Crippen molar-refractivity contribution in [1.82, 2.24) is 0 Å². The highest BCUT2D eigenvalue weighted by Gasteiger charge is 2.21. The molecule has 1 aliphatic carbocycles. The molecule has 2 aromatic rings. The van der Waals surface area contributed by atoms with E-state index < -0.39 is 0 Å². The Bertz CT molecular complexity index is 706. The number of phenolic OH excluding ortho intramolecular Hbond substituents is 1. The Kier molecular flexibility index (Phi) is 6.26. The highest BCUT2D eigenvalue weighted by molar-refractivity contribution is 5.62. The summed E-state index contributed by atoms with van der Waals surface area (Å²) in [6.07, 6.45) is 6.20. The van der Waals surface area contributed by atoms with Crippen molar-refractivity contribution in [3.63, 3.8) is 0 Å². The van der Waals surface area contributed by atoms with Crippen LogP contribution in [0.4, 0.5) is 5.69 Å². The minimum Gasteiger partial charge on any atom is -0.506 e. The van der Waals surface area contributed by atoms with E-state index in [2.05, 4.69) is 5.32 Å². The van der Waals surface area contributed by atoms with Crippen molar-refractivity contribution in [3.05, 3.63) is 47.5 Å². The molecule has 0 bridgehead atoms. The molecule has 1 fully saturated rings. The minimum absolute atomic E-state index is 0.195. The molecule has 4 heteroatoms. The third-order valence-electron chi connectivity index (χ3n) is 5.00. The first-order valence-electron chi connectivity index (χ1n) is 9.60. The predicted octanol–water partition coefficient (Wildman–Crippen LogP) is 5.60. The van der Waals surface area contributed by atoms with E-state index in [9.17, 15) is 5.11 Å². The highest BCUT2D eigenvalue weighted by atomic mass is 16.5. The molecule has 1 aliphatic rings. The molecule has 3 rings (SSSR count). The second-order valence-corrected chi connectivity index (χ2v) is 6.95. The lowest BCUT2D eigenvalue weighted by atomic mass is 9.83. The van der Waals surface area contributed by atoms with Crippen LogP contribution in [0, 0.1) is 6.92 Å². The molecule has 26 heavy (non-hydrogen) atoms. The molecule has 1 saturated carbocycles. The van der Waals surface area contributed by atoms with E-state index in [1.165, 1.54) is 43.2 Å². The van der Waals surface area contributed by atoms with Crippen LogP contribution in [-0.4, -0.2) is 18.4 Å². The van der Waals surface area contributed by atoms with E-state index in [1.807, 2.05) is 44.2 Å². The molecule has 0 spiro atoms. The lowest BCUT2D eigenvalue weighted by molar-refractivity contribution is 0.325. The smallest absolute Gasteiger partial charge is 0.159 e. The highest BCUT2D eigenvalue weighted by Crippen LogP contribution is 2.42. The van der Waals surface area contributed by atoms with Crippen LogP contribution in [0.3, 0.4) is 0 Å². The molecule has 0 saturated heterocycles. The number of phenols is 1. The van der Waals surface area contributed by atoms with Gasteiger partial charge in [-0.25, -0.2) is 0 Å². The summed E-state index contributed by atoms with van der Waals surface area (Å²) in [5.41, 5.74) is 3.09. The van der Waals surface area contributed by atoms with Crippen molar-refractivity contribution in [2.45, 2.75) is 51.9 Å². The van der Waals surface area contributed by atoms with Crippen molar-refractivity contribution in [2.24, 2.45) is 0 Å². The Morgan fingerprint density at radius 3 is 2.46 bits per heavy atom. The van der Waals surface area contributed by atoms with Gasteiger partial charge in [0, 0.05) is 6.07 Å². The Morgan fingerprint density at radius 1 is 1.04 bits per heavy atom. The first kappa shape index (κ1) is 18.4. The molecule has 2 N–H and O–H groups in total. The molecule has 0 aliphatic heterocycles. The summed E-state index contributed by atoms with van der Waals surface area (Å²) in [6.45, 7) is 4.92. The second-order valence-electron chi connectivity index (χ2n) is 6.95. The van der Waals surface area contributed by atoms with Gasteiger partial charge in [0.15, 0.2) is 6.73 Å². The molecular formula is C22H29NO3. The SMILES string of the molecule is CCOc1cc(O)c(NCOc2ccc(C)cc2)cc1C1CCCCC1. The number of ether oxygens (including phenoxy) is 2. The van der Waals surface area contributed by atoms with Crippen LogP contribution in [0.5, 0.6) is 17.2 Å². The molecule has 0 unspecified atom stereocenters. The van der Waals surface area contributed by atoms with Gasteiger partial charge in [-0.15, -0.1) is 0 Å². The number of rotatable bonds is 7. The Labute approximate surface area is 156 Å². The first-order valence-corrected chi connectivity index (χ1v) is 9.60. The number of aromatic hydroxyl groups is 1. The van der Waals surface area contributed by atoms with Gasteiger partial charge in [0.2, 0.25) is 0 Å². The van der Waals surface area contributed by atoms with Crippen molar-refractivity contribution in [1.29, 1.82) is 0 Å². The normalized spacial score (nSPS) is 14.8. The molecule has 0 aromatic heterocycles. The van der Waals surface area contributed by atoms with Crippen molar-refractivity contribution in [2.75, 3.05) is 18.7 Å². The third kappa shape index (κ3) is 4.63. The lowest BCUT2D eigenvalue weighted by Gasteiger charge is -2.25. The maximum absolute atomic E-state index is 10.4. The summed E-state index contributed by atoms with van der Waals surface area (Å²) in [5.74, 6) is 2.31. The van der Waals surface area contributed by atoms with Gasteiger partial charge in [-0.05, 0) is 56.4 Å². The van der Waals surface area contributed by atoms with Crippen LogP contribution in [0.2, 0.25) is 0 Å². The summed E-state index contributed by atoms with van der Waals surface area (Å²) in [6, 6.07) is 11.7. The van der Waals surface area contributed by atoms with Crippen molar-refractivity contribution >= 4 is 5.69 Å². The van der Waals surface area contributed by atoms with Crippen LogP contribution in [0.15, 0.2) is 36.4 Å². The minimum atomic E-state index is 0.195. The van der Waals surface area contributed by atoms with E-state index in [0.29, 0.717) is 24.9 Å². The molecule has 2 aromatic carbocycles. The van der Waals surface area contributed by atoms with Gasteiger partial charge in [-0.2, -0.15) is 0 Å². The van der Waals surface area contributed by atoms with E-state index in [1.54, 1.807) is 6.07 Å². The number of aryl methyl sites for hydroxylation is 1. The van der Waals surface area contributed by atoms with Gasteiger partial charge in [0.05, 0.1) is 12.3 Å². The fourth-order valence-corrected chi connectivity index (χ4v) is 3.57. The Balaban J connectivity index is 1.72. The second kappa shape index (κ2) is 8.84. The lowest BCUT2D eigenvalue weighted by Crippen LogP contribution is -2.11. The molecule has 0 radical (unpaired) electrons. The standard InChI is InChI=1S/C22H29NO3/c1-3-25-22-14-21(24)20(13-19(22)17-7-5-4-6-8-17)23-15-26-18-11-9-16(2)10-12-18/h9-14,17,23-24H,3-8,15H2,1-2H3. The molecule has 0 atom stereocenters. The van der Waals surface area contributed by atoms with Gasteiger partial charge in [0.1, 0.15) is 17.2 Å². The molecule has 4 nitrogen and oxygen atoms in total. The average Bonchev–Trinajstić information content (AvgIpc) is 2.66. The fourth-order valence-electron chi connectivity index (χ4n) is 3.57. The summed E-state index contributed by atoms with van der Waals surface area (Å²) in [4.78, 5) is 0. The number of hydrogen-bond donors (Lipinski definition) is 2. The largest absolute Gasteiger partial charge is 0.506 e. The third-order valence-corrected chi connectivity index (χ3v) is 5.00. The molecule has 0 amide bonds. The fraction of sp³-hybridized carbons (Fsp3) is 0.455. The molecular weight excluding hydrogens is 326 g/mol. The zero-order valence-corrected chi connectivity index (χ0v) is 15.8. The average molecular weight is 355 g/mol. The van der Waals surface area contributed by atoms with Gasteiger partial charge in [0.25, 0.3) is 0 Å². The van der Waals surface area contributed by atoms with E-state index in [4.69, 9.17) is 9.47 Å². The van der Waals surface area contributed by atoms with Gasteiger partial charge in [-0.1, -0.05) is 37.0 Å². The number of anilines is 1. The summed E-state index contributed by atoms with van der Waals surface area (Å²) in [7, 11) is 0. The number of hydrogen-bond acceptors (Lipinski definition) is 4. The molecule has 0 heterocycles. The predicted molar refractivity (Wildman–Crippen MR) is 105 cm³/mol.